The number of allylic oxidation sites excluding steroid dienone is 1. The van der Waals surface area contributed by atoms with Crippen LogP contribution >= 0.6 is 0 Å². The molecule has 2 aliphatic rings. The molecule has 1 aliphatic heterocycles. The molecule has 7 nitrogen and oxygen atoms in total. The molecule has 4 rings (SSSR count). The van der Waals surface area contributed by atoms with E-state index in [1.54, 1.807) is 20.8 Å². The zero-order valence-corrected chi connectivity index (χ0v) is 24.0. The molecular weight excluding hydrogens is 490 g/mol. The summed E-state index contributed by atoms with van der Waals surface area (Å²) in [6.07, 6.45) is 5.31. The van der Waals surface area contributed by atoms with Crippen molar-refractivity contribution in [1.82, 2.24) is 9.80 Å². The largest absolute Gasteiger partial charge is 0.443 e. The van der Waals surface area contributed by atoms with Crippen molar-refractivity contribution < 1.29 is 19.1 Å². The van der Waals surface area contributed by atoms with E-state index in [4.69, 9.17) is 9.47 Å². The summed E-state index contributed by atoms with van der Waals surface area (Å²) in [4.78, 5) is 35.0. The minimum Gasteiger partial charge on any atom is -0.443 e. The lowest BCUT2D eigenvalue weighted by Crippen LogP contribution is -2.41. The van der Waals surface area contributed by atoms with Gasteiger partial charge in [-0.1, -0.05) is 79.6 Å². The molecule has 1 atom stereocenters. The van der Waals surface area contributed by atoms with Crippen molar-refractivity contribution in [3.8, 4) is 0 Å². The summed E-state index contributed by atoms with van der Waals surface area (Å²) in [5.41, 5.74) is 1.33. The van der Waals surface area contributed by atoms with E-state index >= 15 is 0 Å². The Balaban J connectivity index is 1.92. The molecular formula is C32H41N3O4. The van der Waals surface area contributed by atoms with Crippen LogP contribution in [0, 0.1) is 5.92 Å². The lowest BCUT2D eigenvalue weighted by molar-refractivity contribution is 0.0412. The normalized spacial score (nSPS) is 20.6. The second-order valence-corrected chi connectivity index (χ2v) is 12.3. The highest BCUT2D eigenvalue weighted by atomic mass is 16.6. The van der Waals surface area contributed by atoms with Gasteiger partial charge in [-0.2, -0.15) is 0 Å². The monoisotopic (exact) mass is 531 g/mol. The molecule has 2 aromatic carbocycles. The van der Waals surface area contributed by atoms with Crippen LogP contribution in [0.4, 0.5) is 9.59 Å². The van der Waals surface area contributed by atoms with E-state index in [0.717, 1.165) is 42.5 Å². The van der Waals surface area contributed by atoms with Crippen LogP contribution in [0.1, 0.15) is 84.4 Å². The quantitative estimate of drug-likeness (QED) is 0.402. The summed E-state index contributed by atoms with van der Waals surface area (Å²) in [7, 11) is 0. The fourth-order valence-corrected chi connectivity index (χ4v) is 5.08. The highest BCUT2D eigenvalue weighted by Gasteiger charge is 2.46. The predicted molar refractivity (Wildman–Crippen MR) is 153 cm³/mol. The molecule has 208 valence electrons. The van der Waals surface area contributed by atoms with Crippen LogP contribution in [0.15, 0.2) is 77.4 Å². The first-order chi connectivity index (χ1) is 18.4. The minimum atomic E-state index is -0.752. The lowest BCUT2D eigenvalue weighted by atomic mass is 9.98. The Hall–Kier alpha value is -3.61. The van der Waals surface area contributed by atoms with Gasteiger partial charge in [-0.3, -0.25) is 0 Å². The molecule has 39 heavy (non-hydrogen) atoms. The van der Waals surface area contributed by atoms with E-state index in [-0.39, 0.29) is 12.0 Å². The SMILES string of the molecule is CC(C)(C)OC(=O)/N=C1\N(C(=O)OC(C)(C)C)/C(=C\C2CCCC2)C(c2ccccc2)N1Cc1ccccc1. The smallest absolute Gasteiger partial charge is 0.437 e. The van der Waals surface area contributed by atoms with Crippen molar-refractivity contribution in [2.75, 3.05) is 0 Å². The topological polar surface area (TPSA) is 71.4 Å². The van der Waals surface area contributed by atoms with Crippen LogP contribution in [0.5, 0.6) is 0 Å². The van der Waals surface area contributed by atoms with Crippen LogP contribution in [-0.2, 0) is 16.0 Å². The highest BCUT2D eigenvalue weighted by molar-refractivity contribution is 6.03. The van der Waals surface area contributed by atoms with E-state index in [1.807, 2.05) is 74.2 Å². The summed E-state index contributed by atoms with van der Waals surface area (Å²) >= 11 is 0. The lowest BCUT2D eigenvalue weighted by Gasteiger charge is -2.27. The first kappa shape index (κ1) is 28.4. The van der Waals surface area contributed by atoms with Crippen LogP contribution in [0.2, 0.25) is 0 Å². The Morgan fingerprint density at radius 1 is 0.872 bits per heavy atom. The third kappa shape index (κ3) is 7.49. The number of aliphatic imine (C=N–C) groups is 1. The Morgan fingerprint density at radius 2 is 1.44 bits per heavy atom. The second kappa shape index (κ2) is 11.6. The third-order valence-corrected chi connectivity index (χ3v) is 6.59. The van der Waals surface area contributed by atoms with Crippen molar-refractivity contribution in [2.45, 2.75) is 91.0 Å². The van der Waals surface area contributed by atoms with Crippen LogP contribution in [-0.4, -0.2) is 39.1 Å². The number of benzene rings is 2. The number of guanidine groups is 1. The molecule has 1 unspecified atom stereocenters. The van der Waals surface area contributed by atoms with Gasteiger partial charge in [0.05, 0.1) is 11.7 Å². The van der Waals surface area contributed by atoms with E-state index in [0.29, 0.717) is 12.5 Å². The van der Waals surface area contributed by atoms with Crippen molar-refractivity contribution in [3.05, 3.63) is 83.6 Å². The van der Waals surface area contributed by atoms with Gasteiger partial charge in [0.25, 0.3) is 0 Å². The van der Waals surface area contributed by atoms with Crippen molar-refractivity contribution >= 4 is 18.1 Å². The number of carbonyl (C=O) groups excluding carboxylic acids is 2. The maximum absolute atomic E-state index is 13.9. The van der Waals surface area contributed by atoms with Gasteiger partial charge in [-0.05, 0) is 71.4 Å². The Bertz CT molecular complexity index is 1200. The molecule has 0 spiro atoms. The average Bonchev–Trinajstić information content (AvgIpc) is 3.45. The molecule has 2 aromatic rings. The van der Waals surface area contributed by atoms with E-state index in [2.05, 4.69) is 23.2 Å². The number of carbonyl (C=O) groups is 2. The fraction of sp³-hybridized carbons (Fsp3) is 0.469. The fourth-order valence-electron chi connectivity index (χ4n) is 5.08. The molecule has 7 heteroatoms. The highest BCUT2D eigenvalue weighted by Crippen LogP contribution is 2.42. The second-order valence-electron chi connectivity index (χ2n) is 12.3. The Kier molecular flexibility index (Phi) is 8.48. The van der Waals surface area contributed by atoms with Crippen LogP contribution in [0.3, 0.4) is 0 Å². The Morgan fingerprint density at radius 3 is 2.00 bits per heavy atom. The first-order valence-electron chi connectivity index (χ1n) is 13.8. The number of rotatable bonds is 4. The molecule has 0 radical (unpaired) electrons. The van der Waals surface area contributed by atoms with E-state index in [1.165, 1.54) is 4.90 Å². The summed E-state index contributed by atoms with van der Waals surface area (Å²) in [6.45, 7) is 11.3. The molecule has 0 bridgehead atoms. The standard InChI is InChI=1S/C32H41N3O4/c1-31(2,3)38-29(36)33-28-34(22-24-17-9-7-10-18-24)27(25-19-11-8-12-20-25)26(21-23-15-13-14-16-23)35(28)30(37)39-32(4,5)6/h7-12,17-21,23,27H,13-16,22H2,1-6H3/b26-21-,33-28-. The molecule has 2 amide bonds. The predicted octanol–water partition coefficient (Wildman–Crippen LogP) is 7.85. The van der Waals surface area contributed by atoms with Gasteiger partial charge in [0.2, 0.25) is 5.96 Å². The molecule has 0 N–H and O–H groups in total. The van der Waals surface area contributed by atoms with E-state index < -0.39 is 23.4 Å². The first-order valence-corrected chi connectivity index (χ1v) is 13.8. The summed E-state index contributed by atoms with van der Waals surface area (Å²) in [5, 5.41) is 0. The number of hydrogen-bond donors (Lipinski definition) is 0. The zero-order valence-electron chi connectivity index (χ0n) is 24.0. The van der Waals surface area contributed by atoms with Crippen LogP contribution in [0.25, 0.3) is 0 Å². The maximum Gasteiger partial charge on any atom is 0.437 e. The third-order valence-electron chi connectivity index (χ3n) is 6.59. The summed E-state index contributed by atoms with van der Waals surface area (Å²) < 4.78 is 11.5. The van der Waals surface area contributed by atoms with Gasteiger partial charge in [-0.25, -0.2) is 14.5 Å². The van der Waals surface area contributed by atoms with Gasteiger partial charge < -0.3 is 14.4 Å². The zero-order chi connectivity index (χ0) is 28.2. The maximum atomic E-state index is 13.9. The van der Waals surface area contributed by atoms with E-state index in [9.17, 15) is 9.59 Å². The average molecular weight is 532 g/mol. The Labute approximate surface area is 232 Å². The van der Waals surface area contributed by atoms with Crippen molar-refractivity contribution in [2.24, 2.45) is 10.9 Å². The number of nitrogens with zero attached hydrogens (tertiary/aromatic N) is 3. The van der Waals surface area contributed by atoms with Gasteiger partial charge in [0.15, 0.2) is 0 Å². The van der Waals surface area contributed by atoms with Gasteiger partial charge in [0.1, 0.15) is 11.2 Å². The summed E-state index contributed by atoms with van der Waals surface area (Å²) in [6, 6.07) is 19.7. The molecule has 1 saturated heterocycles. The number of hydrogen-bond acceptors (Lipinski definition) is 4. The molecule has 1 aliphatic carbocycles. The number of amides is 2. The van der Waals surface area contributed by atoms with Gasteiger partial charge in [0, 0.05) is 6.54 Å². The molecule has 1 heterocycles. The molecule has 0 aromatic heterocycles. The van der Waals surface area contributed by atoms with Crippen LogP contribution < -0.4 is 0 Å². The van der Waals surface area contributed by atoms with Gasteiger partial charge >= 0.3 is 12.2 Å². The molecule has 2 fully saturated rings. The minimum absolute atomic E-state index is 0.209. The summed E-state index contributed by atoms with van der Waals surface area (Å²) in [5.74, 6) is 0.538. The van der Waals surface area contributed by atoms with Gasteiger partial charge in [-0.15, -0.1) is 4.99 Å². The number of ether oxygens (including phenoxy) is 2. The van der Waals surface area contributed by atoms with Crippen molar-refractivity contribution in [1.29, 1.82) is 0 Å². The molecule has 1 saturated carbocycles. The van der Waals surface area contributed by atoms with Crippen molar-refractivity contribution in [3.63, 3.8) is 0 Å².